The minimum atomic E-state index is -0.216. The highest BCUT2D eigenvalue weighted by Gasteiger charge is 2.21. The first-order valence-corrected chi connectivity index (χ1v) is 7.88. The molecule has 0 saturated carbocycles. The normalized spacial score (nSPS) is 18.3. The Morgan fingerprint density at radius 2 is 2.14 bits per heavy atom. The molecule has 0 aliphatic carbocycles. The van der Waals surface area contributed by atoms with Crippen molar-refractivity contribution in [2.45, 2.75) is 38.6 Å². The minimum Gasteiger partial charge on any atom is -0.381 e. The summed E-state index contributed by atoms with van der Waals surface area (Å²) in [4.78, 5) is 4.54. The van der Waals surface area contributed by atoms with Gasteiger partial charge in [-0.3, -0.25) is 0 Å². The molecule has 1 aliphatic rings. The van der Waals surface area contributed by atoms with Crippen molar-refractivity contribution in [2.24, 2.45) is 5.92 Å². The molecule has 0 spiro atoms. The fourth-order valence-electron chi connectivity index (χ4n) is 2.95. The fourth-order valence-corrected chi connectivity index (χ4v) is 3.12. The van der Waals surface area contributed by atoms with E-state index in [9.17, 15) is 4.39 Å². The topological polar surface area (TPSA) is 27.1 Å². The molecule has 114 valence electrons. The summed E-state index contributed by atoms with van der Waals surface area (Å²) < 4.78 is 21.3. The fraction of sp³-hybridized carbons (Fsp3) is 0.562. The molecule has 0 N–H and O–H groups in total. The van der Waals surface area contributed by atoms with Crippen LogP contribution in [0.25, 0.3) is 11.0 Å². The molecule has 1 aromatic heterocycles. The van der Waals surface area contributed by atoms with Crippen LogP contribution < -0.4 is 0 Å². The average molecular weight is 311 g/mol. The SMILES string of the molecule is Cc1cc2c(cc1F)nc(C(C)Cl)n2CC1CCOCC1. The molecule has 1 aromatic carbocycles. The average Bonchev–Trinajstić information content (AvgIpc) is 2.79. The number of fused-ring (bicyclic) bond motifs is 1. The number of ether oxygens (including phenoxy) is 1. The van der Waals surface area contributed by atoms with Gasteiger partial charge < -0.3 is 9.30 Å². The molecule has 2 aromatic rings. The second-order valence-corrected chi connectivity index (χ2v) is 6.50. The highest BCUT2D eigenvalue weighted by atomic mass is 35.5. The summed E-state index contributed by atoms with van der Waals surface area (Å²) in [6.07, 6.45) is 2.10. The van der Waals surface area contributed by atoms with Gasteiger partial charge in [-0.2, -0.15) is 0 Å². The van der Waals surface area contributed by atoms with Crippen LogP contribution in [0.4, 0.5) is 4.39 Å². The van der Waals surface area contributed by atoms with Crippen LogP contribution in [0.1, 0.15) is 36.5 Å². The molecular formula is C16H20ClFN2O. The highest BCUT2D eigenvalue weighted by Crippen LogP contribution is 2.29. The molecule has 1 fully saturated rings. The first kappa shape index (κ1) is 14.8. The van der Waals surface area contributed by atoms with Gasteiger partial charge in [0, 0.05) is 25.8 Å². The van der Waals surface area contributed by atoms with E-state index in [1.165, 1.54) is 6.07 Å². The van der Waals surface area contributed by atoms with E-state index in [0.717, 1.165) is 43.9 Å². The van der Waals surface area contributed by atoms with Crippen molar-refractivity contribution in [3.63, 3.8) is 0 Å². The van der Waals surface area contributed by atoms with Gasteiger partial charge in [0.1, 0.15) is 11.6 Å². The number of halogens is 2. The predicted molar refractivity (Wildman–Crippen MR) is 82.2 cm³/mol. The zero-order valence-electron chi connectivity index (χ0n) is 12.4. The Bertz CT molecular complexity index is 647. The van der Waals surface area contributed by atoms with Crippen LogP contribution in [-0.4, -0.2) is 22.8 Å². The maximum Gasteiger partial charge on any atom is 0.128 e. The molecule has 2 heterocycles. The molecule has 0 radical (unpaired) electrons. The van der Waals surface area contributed by atoms with Crippen LogP contribution >= 0.6 is 11.6 Å². The van der Waals surface area contributed by atoms with E-state index < -0.39 is 0 Å². The van der Waals surface area contributed by atoms with Gasteiger partial charge in [0.15, 0.2) is 0 Å². The molecule has 1 unspecified atom stereocenters. The first-order chi connectivity index (χ1) is 10.1. The van der Waals surface area contributed by atoms with Crippen LogP contribution in [0.15, 0.2) is 12.1 Å². The second-order valence-electron chi connectivity index (χ2n) is 5.84. The first-order valence-electron chi connectivity index (χ1n) is 7.44. The summed E-state index contributed by atoms with van der Waals surface area (Å²) in [5.41, 5.74) is 2.31. The van der Waals surface area contributed by atoms with Crippen molar-refractivity contribution in [2.75, 3.05) is 13.2 Å². The van der Waals surface area contributed by atoms with Crippen LogP contribution in [0.2, 0.25) is 0 Å². The number of alkyl halides is 1. The standard InChI is InChI=1S/C16H20ClFN2O/c1-10-7-15-14(8-13(10)18)19-16(11(2)17)20(15)9-12-3-5-21-6-4-12/h7-8,11-12H,3-6,9H2,1-2H3. The number of aromatic nitrogens is 2. The number of rotatable bonds is 3. The number of hydrogen-bond acceptors (Lipinski definition) is 2. The molecule has 3 nitrogen and oxygen atoms in total. The summed E-state index contributed by atoms with van der Waals surface area (Å²) >= 11 is 6.28. The molecule has 5 heteroatoms. The van der Waals surface area contributed by atoms with E-state index in [-0.39, 0.29) is 11.2 Å². The predicted octanol–water partition coefficient (Wildman–Crippen LogP) is 4.21. The van der Waals surface area contributed by atoms with Gasteiger partial charge in [-0.25, -0.2) is 9.37 Å². The molecule has 0 bridgehead atoms. The van der Waals surface area contributed by atoms with E-state index >= 15 is 0 Å². The van der Waals surface area contributed by atoms with Crippen molar-refractivity contribution in [3.8, 4) is 0 Å². The Hall–Kier alpha value is -1.13. The maximum atomic E-state index is 13.8. The van der Waals surface area contributed by atoms with Gasteiger partial charge in [0.05, 0.1) is 16.4 Å². The van der Waals surface area contributed by atoms with Crippen LogP contribution in [-0.2, 0) is 11.3 Å². The lowest BCUT2D eigenvalue weighted by Gasteiger charge is -2.24. The minimum absolute atomic E-state index is 0.194. The number of nitrogens with zero attached hydrogens (tertiary/aromatic N) is 2. The summed E-state index contributed by atoms with van der Waals surface area (Å²) in [7, 11) is 0. The quantitative estimate of drug-likeness (QED) is 0.794. The van der Waals surface area contributed by atoms with Crippen molar-refractivity contribution in [1.82, 2.24) is 9.55 Å². The van der Waals surface area contributed by atoms with E-state index in [0.29, 0.717) is 17.0 Å². The summed E-state index contributed by atoms with van der Waals surface area (Å²) in [6, 6.07) is 3.38. The van der Waals surface area contributed by atoms with Gasteiger partial charge in [-0.1, -0.05) is 0 Å². The number of imidazole rings is 1. The van der Waals surface area contributed by atoms with Gasteiger partial charge >= 0.3 is 0 Å². The van der Waals surface area contributed by atoms with Crippen molar-refractivity contribution >= 4 is 22.6 Å². The van der Waals surface area contributed by atoms with E-state index in [1.807, 2.05) is 13.0 Å². The van der Waals surface area contributed by atoms with Crippen molar-refractivity contribution < 1.29 is 9.13 Å². The lowest BCUT2D eigenvalue weighted by Crippen LogP contribution is -2.21. The van der Waals surface area contributed by atoms with Crippen molar-refractivity contribution in [3.05, 3.63) is 29.3 Å². The van der Waals surface area contributed by atoms with Crippen LogP contribution in [0.3, 0.4) is 0 Å². The largest absolute Gasteiger partial charge is 0.381 e. The zero-order valence-corrected chi connectivity index (χ0v) is 13.2. The lowest BCUT2D eigenvalue weighted by molar-refractivity contribution is 0.0613. The zero-order chi connectivity index (χ0) is 15.0. The summed E-state index contributed by atoms with van der Waals surface area (Å²) in [5, 5.41) is -0.194. The lowest BCUT2D eigenvalue weighted by atomic mass is 10.00. The molecular weight excluding hydrogens is 291 g/mol. The molecule has 3 rings (SSSR count). The molecule has 0 amide bonds. The Labute approximate surface area is 129 Å². The van der Waals surface area contributed by atoms with Crippen LogP contribution in [0, 0.1) is 18.7 Å². The third-order valence-corrected chi connectivity index (χ3v) is 4.39. The second kappa shape index (κ2) is 5.93. The Kier molecular flexibility index (Phi) is 4.18. The third-order valence-electron chi connectivity index (χ3n) is 4.20. The maximum absolute atomic E-state index is 13.8. The Morgan fingerprint density at radius 1 is 1.43 bits per heavy atom. The third kappa shape index (κ3) is 2.92. The van der Waals surface area contributed by atoms with Crippen LogP contribution in [0.5, 0.6) is 0 Å². The smallest absolute Gasteiger partial charge is 0.128 e. The number of benzene rings is 1. The highest BCUT2D eigenvalue weighted by molar-refractivity contribution is 6.20. The van der Waals surface area contributed by atoms with Crippen molar-refractivity contribution in [1.29, 1.82) is 0 Å². The molecule has 1 aliphatic heterocycles. The van der Waals surface area contributed by atoms with Gasteiger partial charge in [0.2, 0.25) is 0 Å². The monoisotopic (exact) mass is 310 g/mol. The van der Waals surface area contributed by atoms with E-state index in [2.05, 4.69) is 9.55 Å². The van der Waals surface area contributed by atoms with E-state index in [1.54, 1.807) is 6.92 Å². The Balaban J connectivity index is 2.04. The van der Waals surface area contributed by atoms with E-state index in [4.69, 9.17) is 16.3 Å². The van der Waals surface area contributed by atoms with Gasteiger partial charge in [-0.15, -0.1) is 11.6 Å². The number of aryl methyl sites for hydroxylation is 1. The van der Waals surface area contributed by atoms with Gasteiger partial charge in [-0.05, 0) is 44.2 Å². The number of hydrogen-bond donors (Lipinski definition) is 0. The Morgan fingerprint density at radius 3 is 2.81 bits per heavy atom. The molecule has 21 heavy (non-hydrogen) atoms. The van der Waals surface area contributed by atoms with Gasteiger partial charge in [0.25, 0.3) is 0 Å². The summed E-state index contributed by atoms with van der Waals surface area (Å²) in [6.45, 7) is 6.20. The molecule has 1 saturated heterocycles. The molecule has 1 atom stereocenters. The summed E-state index contributed by atoms with van der Waals surface area (Å²) in [5.74, 6) is 1.17.